The number of aromatic nitrogens is 1. The normalized spacial score (nSPS) is 18.2. The van der Waals surface area contributed by atoms with Crippen LogP contribution in [0.2, 0.25) is 0 Å². The maximum absolute atomic E-state index is 5.89. The Balaban J connectivity index is 1.79. The highest BCUT2D eigenvalue weighted by molar-refractivity contribution is 7.14. The molecule has 0 spiro atoms. The number of hydrogen-bond donors (Lipinski definition) is 0. The van der Waals surface area contributed by atoms with Crippen LogP contribution in [0.3, 0.4) is 0 Å². The molecule has 0 aliphatic carbocycles. The molecular weight excluding hydrogens is 348 g/mol. The standard InChI is InChI=1S/C20H22N2OS2/c1-14-9-15(2)11-16(10-14)21-20-22(12-17-5-3-7-23-17)18(13-25-20)19-6-4-8-24-19/h4,6,8-11,13,17H,3,5,7,12H2,1-2H3. The van der Waals surface area contributed by atoms with Crippen LogP contribution in [0, 0.1) is 13.8 Å². The molecule has 1 aromatic carbocycles. The van der Waals surface area contributed by atoms with Crippen LogP contribution in [-0.4, -0.2) is 17.3 Å². The number of benzene rings is 1. The van der Waals surface area contributed by atoms with E-state index in [1.165, 1.54) is 21.7 Å². The summed E-state index contributed by atoms with van der Waals surface area (Å²) in [7, 11) is 0. The fourth-order valence-corrected chi connectivity index (χ4v) is 5.09. The maximum Gasteiger partial charge on any atom is 0.190 e. The third-order valence-corrected chi connectivity index (χ3v) is 6.17. The molecule has 3 aromatic rings. The minimum Gasteiger partial charge on any atom is -0.376 e. The highest BCUT2D eigenvalue weighted by atomic mass is 32.1. The number of nitrogens with zero attached hydrogens (tertiary/aromatic N) is 2. The zero-order valence-electron chi connectivity index (χ0n) is 14.6. The largest absolute Gasteiger partial charge is 0.376 e. The van der Waals surface area contributed by atoms with Gasteiger partial charge in [-0.3, -0.25) is 0 Å². The quantitative estimate of drug-likeness (QED) is 0.611. The van der Waals surface area contributed by atoms with Gasteiger partial charge in [-0.15, -0.1) is 22.7 Å². The van der Waals surface area contributed by atoms with E-state index in [4.69, 9.17) is 9.73 Å². The molecule has 1 fully saturated rings. The van der Waals surface area contributed by atoms with Crippen molar-refractivity contribution in [2.75, 3.05) is 6.61 Å². The third kappa shape index (κ3) is 3.78. The summed E-state index contributed by atoms with van der Waals surface area (Å²) < 4.78 is 8.23. The second kappa shape index (κ2) is 7.28. The van der Waals surface area contributed by atoms with Crippen molar-refractivity contribution in [3.8, 4) is 10.6 Å². The number of thiazole rings is 1. The summed E-state index contributed by atoms with van der Waals surface area (Å²) in [6, 6.07) is 10.8. The van der Waals surface area contributed by atoms with Crippen molar-refractivity contribution in [1.29, 1.82) is 0 Å². The summed E-state index contributed by atoms with van der Waals surface area (Å²) in [5, 5.41) is 4.35. The molecule has 0 amide bonds. The molecule has 0 N–H and O–H groups in total. The van der Waals surface area contributed by atoms with Gasteiger partial charge in [0.15, 0.2) is 4.80 Å². The topological polar surface area (TPSA) is 26.5 Å². The van der Waals surface area contributed by atoms with Crippen molar-refractivity contribution >= 4 is 28.4 Å². The van der Waals surface area contributed by atoms with Crippen molar-refractivity contribution in [1.82, 2.24) is 4.57 Å². The van der Waals surface area contributed by atoms with Crippen molar-refractivity contribution in [2.45, 2.75) is 39.3 Å². The first-order chi connectivity index (χ1) is 12.2. The number of aryl methyl sites for hydroxylation is 2. The van der Waals surface area contributed by atoms with E-state index in [1.54, 1.807) is 22.7 Å². The molecule has 0 radical (unpaired) electrons. The van der Waals surface area contributed by atoms with Gasteiger partial charge in [0.1, 0.15) is 0 Å². The Bertz CT molecular complexity index is 895. The molecule has 1 unspecified atom stereocenters. The lowest BCUT2D eigenvalue weighted by molar-refractivity contribution is 0.0968. The molecule has 0 bridgehead atoms. The first-order valence-corrected chi connectivity index (χ1v) is 10.4. The van der Waals surface area contributed by atoms with Crippen LogP contribution in [-0.2, 0) is 11.3 Å². The van der Waals surface area contributed by atoms with Crippen LogP contribution in [0.25, 0.3) is 10.6 Å². The Hall–Kier alpha value is -1.69. The van der Waals surface area contributed by atoms with Gasteiger partial charge >= 0.3 is 0 Å². The Morgan fingerprint density at radius 1 is 1.20 bits per heavy atom. The van der Waals surface area contributed by atoms with E-state index < -0.39 is 0 Å². The van der Waals surface area contributed by atoms with Crippen LogP contribution in [0.15, 0.2) is 46.1 Å². The van der Waals surface area contributed by atoms with Gasteiger partial charge in [0.2, 0.25) is 0 Å². The van der Waals surface area contributed by atoms with Crippen molar-refractivity contribution < 1.29 is 4.74 Å². The van der Waals surface area contributed by atoms with E-state index in [0.29, 0.717) is 6.10 Å². The zero-order chi connectivity index (χ0) is 17.2. The Morgan fingerprint density at radius 2 is 2.04 bits per heavy atom. The van der Waals surface area contributed by atoms with Crippen LogP contribution >= 0.6 is 22.7 Å². The van der Waals surface area contributed by atoms with Crippen LogP contribution in [0.5, 0.6) is 0 Å². The molecule has 3 nitrogen and oxygen atoms in total. The Morgan fingerprint density at radius 3 is 2.72 bits per heavy atom. The van der Waals surface area contributed by atoms with Crippen molar-refractivity contribution in [2.24, 2.45) is 4.99 Å². The number of thiophene rings is 1. The smallest absolute Gasteiger partial charge is 0.190 e. The van der Waals surface area contributed by atoms with E-state index >= 15 is 0 Å². The van der Waals surface area contributed by atoms with Crippen molar-refractivity contribution in [3.05, 3.63) is 57.0 Å². The van der Waals surface area contributed by atoms with Crippen LogP contribution < -0.4 is 4.80 Å². The summed E-state index contributed by atoms with van der Waals surface area (Å²) in [6.45, 7) is 6.00. The Kier molecular flexibility index (Phi) is 4.88. The van der Waals surface area contributed by atoms with Gasteiger partial charge in [-0.1, -0.05) is 12.1 Å². The molecule has 2 aromatic heterocycles. The number of rotatable bonds is 4. The first kappa shape index (κ1) is 16.8. The van der Waals surface area contributed by atoms with Gasteiger partial charge in [0.25, 0.3) is 0 Å². The van der Waals surface area contributed by atoms with Gasteiger partial charge in [-0.2, -0.15) is 0 Å². The molecule has 1 saturated heterocycles. The molecule has 25 heavy (non-hydrogen) atoms. The van der Waals surface area contributed by atoms with E-state index in [1.807, 2.05) is 0 Å². The predicted octanol–water partition coefficient (Wildman–Crippen LogP) is 5.31. The van der Waals surface area contributed by atoms with Gasteiger partial charge in [0, 0.05) is 12.0 Å². The van der Waals surface area contributed by atoms with Gasteiger partial charge < -0.3 is 9.30 Å². The minimum atomic E-state index is 0.298. The lowest BCUT2D eigenvalue weighted by Gasteiger charge is -2.13. The van der Waals surface area contributed by atoms with E-state index in [0.717, 1.165) is 36.5 Å². The summed E-state index contributed by atoms with van der Waals surface area (Å²) in [5.41, 5.74) is 4.77. The molecule has 3 heterocycles. The molecule has 1 aliphatic rings. The van der Waals surface area contributed by atoms with Crippen LogP contribution in [0.1, 0.15) is 24.0 Å². The predicted molar refractivity (Wildman–Crippen MR) is 106 cm³/mol. The summed E-state index contributed by atoms with van der Waals surface area (Å²) >= 11 is 3.49. The first-order valence-electron chi connectivity index (χ1n) is 8.66. The van der Waals surface area contributed by atoms with Crippen molar-refractivity contribution in [3.63, 3.8) is 0 Å². The number of ether oxygens (including phenoxy) is 1. The van der Waals surface area contributed by atoms with Crippen LogP contribution in [0.4, 0.5) is 5.69 Å². The fourth-order valence-electron chi connectivity index (χ4n) is 3.33. The monoisotopic (exact) mass is 370 g/mol. The molecule has 4 rings (SSSR count). The molecular formula is C20H22N2OS2. The summed E-state index contributed by atoms with van der Waals surface area (Å²) in [5.74, 6) is 0. The van der Waals surface area contributed by atoms with E-state index in [9.17, 15) is 0 Å². The average molecular weight is 371 g/mol. The average Bonchev–Trinajstić information content (AvgIpc) is 3.30. The highest BCUT2D eigenvalue weighted by Gasteiger charge is 2.19. The molecule has 0 saturated carbocycles. The third-order valence-electron chi connectivity index (χ3n) is 4.41. The molecule has 1 atom stereocenters. The van der Waals surface area contributed by atoms with Gasteiger partial charge in [0.05, 0.1) is 28.9 Å². The van der Waals surface area contributed by atoms with Gasteiger partial charge in [-0.25, -0.2) is 4.99 Å². The maximum atomic E-state index is 5.89. The summed E-state index contributed by atoms with van der Waals surface area (Å²) in [6.07, 6.45) is 2.59. The van der Waals surface area contributed by atoms with Gasteiger partial charge in [-0.05, 0) is 61.4 Å². The SMILES string of the molecule is Cc1cc(C)cc(N=c2scc(-c3cccs3)n2CC2CCCO2)c1. The Labute approximate surface area is 156 Å². The second-order valence-electron chi connectivity index (χ2n) is 6.58. The van der Waals surface area contributed by atoms with E-state index in [-0.39, 0.29) is 0 Å². The fraction of sp³-hybridized carbons (Fsp3) is 0.350. The minimum absolute atomic E-state index is 0.298. The summed E-state index contributed by atoms with van der Waals surface area (Å²) in [4.78, 5) is 7.30. The second-order valence-corrected chi connectivity index (χ2v) is 8.37. The zero-order valence-corrected chi connectivity index (χ0v) is 16.2. The molecule has 130 valence electrons. The molecule has 5 heteroatoms. The lowest BCUT2D eigenvalue weighted by atomic mass is 10.1. The molecule has 1 aliphatic heterocycles. The lowest BCUT2D eigenvalue weighted by Crippen LogP contribution is -2.23. The highest BCUT2D eigenvalue weighted by Crippen LogP contribution is 2.27. The van der Waals surface area contributed by atoms with E-state index in [2.05, 4.69) is 59.5 Å². The number of hydrogen-bond acceptors (Lipinski definition) is 4.